The van der Waals surface area contributed by atoms with E-state index in [0.717, 1.165) is 25.7 Å². The highest BCUT2D eigenvalue weighted by Gasteiger charge is 1.90. The molecule has 1 atom stereocenters. The minimum Gasteiger partial charge on any atom is -0.393 e. The van der Waals surface area contributed by atoms with E-state index in [1.807, 2.05) is 0 Å². The fourth-order valence-corrected chi connectivity index (χ4v) is 1.05. The first kappa shape index (κ1) is 17.4. The lowest BCUT2D eigenvalue weighted by Crippen LogP contribution is -2.07. The molecule has 0 aliphatic rings. The molecule has 0 rings (SSSR count). The van der Waals surface area contributed by atoms with E-state index in [1.165, 1.54) is 0 Å². The van der Waals surface area contributed by atoms with Gasteiger partial charge < -0.3 is 10.2 Å². The van der Waals surface area contributed by atoms with Gasteiger partial charge in [0.2, 0.25) is 0 Å². The van der Waals surface area contributed by atoms with Gasteiger partial charge in [0.25, 0.3) is 0 Å². The normalized spacial score (nSPS) is 9.84. The lowest BCUT2D eigenvalue weighted by atomic mass is 10.2. The minimum atomic E-state index is -0.995. The van der Waals surface area contributed by atoms with Gasteiger partial charge in [-0.15, -0.1) is 0 Å². The van der Waals surface area contributed by atoms with Crippen molar-refractivity contribution >= 4 is 15.9 Å². The van der Waals surface area contributed by atoms with Crippen molar-refractivity contribution in [2.75, 3.05) is 6.61 Å². The van der Waals surface area contributed by atoms with Gasteiger partial charge in [0, 0.05) is 12.8 Å². The fourth-order valence-electron chi connectivity index (χ4n) is 0.914. The van der Waals surface area contributed by atoms with Crippen molar-refractivity contribution in [3.05, 3.63) is 11.1 Å². The Labute approximate surface area is 123 Å². The molecule has 0 aliphatic heterocycles. The van der Waals surface area contributed by atoms with E-state index in [1.54, 1.807) is 11.1 Å². The molecule has 2 nitrogen and oxygen atoms in total. The summed E-state index contributed by atoms with van der Waals surface area (Å²) in [6.07, 6.45) is 4.18. The molecule has 1 unspecified atom stereocenters. The monoisotopic (exact) mass is 318 g/mol. The molecule has 0 amide bonds. The van der Waals surface area contributed by atoms with Gasteiger partial charge >= 0.3 is 0 Å². The molecule has 0 saturated heterocycles. The van der Waals surface area contributed by atoms with Crippen molar-refractivity contribution in [3.63, 3.8) is 0 Å². The molecule has 98 valence electrons. The molecule has 0 fully saturated rings. The topological polar surface area (TPSA) is 40.5 Å². The van der Waals surface area contributed by atoms with Crippen LogP contribution < -0.4 is 0 Å². The Balaban J connectivity index is 3.64. The highest BCUT2D eigenvalue weighted by Crippen LogP contribution is 1.96. The second-order valence-electron chi connectivity index (χ2n) is 3.34. The second kappa shape index (κ2) is 14.4. The third-order valence-corrected chi connectivity index (χ3v) is 2.05. The molecule has 0 aromatic heterocycles. The van der Waals surface area contributed by atoms with Gasteiger partial charge in [-0.1, -0.05) is 39.6 Å². The number of rotatable bonds is 4. The molecule has 2 N–H and O–H groups in total. The van der Waals surface area contributed by atoms with Crippen LogP contribution in [0.2, 0.25) is 0 Å². The maximum absolute atomic E-state index is 8.91. The van der Waals surface area contributed by atoms with Crippen molar-refractivity contribution in [2.24, 2.45) is 0 Å². The predicted molar refractivity (Wildman–Crippen MR) is 80.7 cm³/mol. The number of unbranched alkanes of at least 4 members (excludes halogenated alkanes) is 3. The van der Waals surface area contributed by atoms with Crippen molar-refractivity contribution in [3.8, 4) is 47.4 Å². The van der Waals surface area contributed by atoms with Crippen LogP contribution in [0.3, 0.4) is 0 Å². The fraction of sp³-hybridized carbons (Fsp3) is 0.375. The van der Waals surface area contributed by atoms with E-state index < -0.39 is 6.10 Å². The quantitative estimate of drug-likeness (QED) is 0.613. The Morgan fingerprint density at radius 3 is 2.21 bits per heavy atom. The third kappa shape index (κ3) is 14.3. The molecule has 19 heavy (non-hydrogen) atoms. The van der Waals surface area contributed by atoms with E-state index in [4.69, 9.17) is 10.2 Å². The highest BCUT2D eigenvalue weighted by molar-refractivity contribution is 9.11. The van der Waals surface area contributed by atoms with Gasteiger partial charge in [0.05, 0.1) is 6.61 Å². The molecule has 0 aromatic rings. The molecule has 3 heteroatoms. The van der Waals surface area contributed by atoms with Gasteiger partial charge in [-0.3, -0.25) is 0 Å². The predicted octanol–water partition coefficient (Wildman–Crippen LogP) is 1.82. The number of hydrogen-bond acceptors (Lipinski definition) is 2. The van der Waals surface area contributed by atoms with Crippen LogP contribution in [0.5, 0.6) is 0 Å². The Morgan fingerprint density at radius 2 is 1.63 bits per heavy atom. The SMILES string of the molecule is OCC(O)C#CC#CCCCCC#CC#C/C=C/Br. The Hall–Kier alpha value is -1.62. The van der Waals surface area contributed by atoms with E-state index in [0.29, 0.717) is 0 Å². The van der Waals surface area contributed by atoms with Gasteiger partial charge in [-0.25, -0.2) is 0 Å². The summed E-state index contributed by atoms with van der Waals surface area (Å²) in [5, 5.41) is 17.4. The standard InChI is InChI=1S/C16H15BrO2/c17-14-12-10-8-6-4-2-1-3-5-7-9-11-13-16(19)15-18/h12,14,16,18-19H,1-3,5,15H2/b14-12+. The molecular weight excluding hydrogens is 304 g/mol. The van der Waals surface area contributed by atoms with Crippen LogP contribution in [0.15, 0.2) is 11.1 Å². The summed E-state index contributed by atoms with van der Waals surface area (Å²) < 4.78 is 0. The van der Waals surface area contributed by atoms with Gasteiger partial charge in [0.1, 0.15) is 6.10 Å². The van der Waals surface area contributed by atoms with Crippen LogP contribution in [-0.2, 0) is 0 Å². The Bertz CT molecular complexity index is 504. The molecule has 0 bridgehead atoms. The van der Waals surface area contributed by atoms with Crippen LogP contribution in [0, 0.1) is 47.4 Å². The summed E-state index contributed by atoms with van der Waals surface area (Å²) in [5.74, 6) is 21.6. The molecule has 0 aliphatic carbocycles. The Kier molecular flexibility index (Phi) is 13.2. The van der Waals surface area contributed by atoms with Gasteiger partial charge in [-0.2, -0.15) is 0 Å². The zero-order valence-corrected chi connectivity index (χ0v) is 12.1. The average molecular weight is 319 g/mol. The van der Waals surface area contributed by atoms with Crippen LogP contribution in [-0.4, -0.2) is 22.9 Å². The molecular formula is C16H15BrO2. The van der Waals surface area contributed by atoms with Crippen molar-refractivity contribution in [2.45, 2.75) is 31.8 Å². The maximum atomic E-state index is 8.91. The Morgan fingerprint density at radius 1 is 1.00 bits per heavy atom. The van der Waals surface area contributed by atoms with Crippen molar-refractivity contribution in [1.82, 2.24) is 0 Å². The van der Waals surface area contributed by atoms with Crippen LogP contribution >= 0.6 is 15.9 Å². The molecule has 0 spiro atoms. The average Bonchev–Trinajstić information content (AvgIpc) is 2.43. The summed E-state index contributed by atoms with van der Waals surface area (Å²) >= 11 is 3.11. The van der Waals surface area contributed by atoms with Crippen molar-refractivity contribution in [1.29, 1.82) is 0 Å². The van der Waals surface area contributed by atoms with Crippen LogP contribution in [0.4, 0.5) is 0 Å². The third-order valence-electron chi connectivity index (χ3n) is 1.79. The van der Waals surface area contributed by atoms with E-state index in [-0.39, 0.29) is 6.61 Å². The summed E-state index contributed by atoms with van der Waals surface area (Å²) in [4.78, 5) is 1.68. The van der Waals surface area contributed by atoms with Crippen LogP contribution in [0.25, 0.3) is 0 Å². The van der Waals surface area contributed by atoms with E-state index in [9.17, 15) is 0 Å². The lowest BCUT2D eigenvalue weighted by molar-refractivity contribution is 0.138. The lowest BCUT2D eigenvalue weighted by Gasteiger charge is -1.91. The summed E-state index contributed by atoms with van der Waals surface area (Å²) in [5.41, 5.74) is 0. The van der Waals surface area contributed by atoms with Gasteiger partial charge in [-0.05, 0) is 47.6 Å². The van der Waals surface area contributed by atoms with Crippen molar-refractivity contribution < 1.29 is 10.2 Å². The number of hydrogen-bond donors (Lipinski definition) is 2. The van der Waals surface area contributed by atoms with E-state index in [2.05, 4.69) is 63.3 Å². The summed E-state index contributed by atoms with van der Waals surface area (Å²) in [6.45, 7) is -0.359. The first-order valence-electron chi connectivity index (χ1n) is 5.82. The number of aliphatic hydroxyl groups is 2. The largest absolute Gasteiger partial charge is 0.393 e. The summed E-state index contributed by atoms with van der Waals surface area (Å²) in [7, 11) is 0. The molecule has 0 saturated carbocycles. The van der Waals surface area contributed by atoms with Gasteiger partial charge in [0.15, 0.2) is 0 Å². The molecule has 0 aromatic carbocycles. The molecule has 0 heterocycles. The number of halogens is 1. The molecule has 0 radical (unpaired) electrons. The number of aliphatic hydroxyl groups excluding tert-OH is 2. The first-order chi connectivity index (χ1) is 9.31. The maximum Gasteiger partial charge on any atom is 0.138 e. The number of allylic oxidation sites excluding steroid dienone is 1. The zero-order valence-electron chi connectivity index (χ0n) is 10.5. The zero-order chi connectivity index (χ0) is 14.2. The summed E-state index contributed by atoms with van der Waals surface area (Å²) in [6, 6.07) is 0. The minimum absolute atomic E-state index is 0.359. The second-order valence-corrected chi connectivity index (χ2v) is 3.87. The van der Waals surface area contributed by atoms with E-state index >= 15 is 0 Å². The first-order valence-corrected chi connectivity index (χ1v) is 6.73. The smallest absolute Gasteiger partial charge is 0.138 e. The van der Waals surface area contributed by atoms with Crippen LogP contribution in [0.1, 0.15) is 25.7 Å². The highest BCUT2D eigenvalue weighted by atomic mass is 79.9.